The summed E-state index contributed by atoms with van der Waals surface area (Å²) in [7, 11) is 1.64. The molecule has 0 fully saturated rings. The predicted octanol–water partition coefficient (Wildman–Crippen LogP) is 2.73. The van der Waals surface area contributed by atoms with E-state index >= 15 is 0 Å². The minimum Gasteiger partial charge on any atom is -0.496 e. The van der Waals surface area contributed by atoms with Gasteiger partial charge in [-0.2, -0.15) is 5.26 Å². The van der Waals surface area contributed by atoms with Crippen LogP contribution in [0.5, 0.6) is 5.75 Å². The summed E-state index contributed by atoms with van der Waals surface area (Å²) in [6.07, 6.45) is 3.37. The lowest BCUT2D eigenvalue weighted by Gasteiger charge is -2.11. The Morgan fingerprint density at radius 2 is 1.94 bits per heavy atom. The van der Waals surface area contributed by atoms with Gasteiger partial charge in [0.25, 0.3) is 0 Å². The van der Waals surface area contributed by atoms with Crippen molar-refractivity contribution in [2.75, 3.05) is 7.11 Å². The molecule has 0 aliphatic heterocycles. The third-order valence-corrected chi connectivity index (χ3v) is 2.94. The first-order valence-electron chi connectivity index (χ1n) is 5.01. The number of methoxy groups -OCH3 is 1. The Morgan fingerprint density at radius 1 is 1.19 bits per heavy atom. The van der Waals surface area contributed by atoms with Crippen molar-refractivity contribution in [2.24, 2.45) is 0 Å². The number of nitriles is 1. The van der Waals surface area contributed by atoms with E-state index in [2.05, 4.69) is 11.1 Å². The van der Waals surface area contributed by atoms with Gasteiger partial charge in [0.1, 0.15) is 11.8 Å². The monoisotopic (exact) mass is 212 g/mol. The quantitative estimate of drug-likeness (QED) is 0.730. The van der Waals surface area contributed by atoms with Crippen molar-refractivity contribution in [3.05, 3.63) is 35.2 Å². The minimum absolute atomic E-state index is 0.582. The Bertz CT molecular complexity index is 597. The fourth-order valence-corrected chi connectivity index (χ4v) is 1.85. The lowest BCUT2D eigenvalue weighted by atomic mass is 9.99. The summed E-state index contributed by atoms with van der Waals surface area (Å²) in [5.41, 5.74) is 2.78. The number of nitrogens with zero attached hydrogens (tertiary/aromatic N) is 2. The highest BCUT2D eigenvalue weighted by molar-refractivity contribution is 5.91. The first-order valence-corrected chi connectivity index (χ1v) is 5.01. The molecule has 0 aliphatic rings. The molecule has 80 valence electrons. The molecule has 0 unspecified atom stereocenters. The number of ether oxygens (including phenoxy) is 1. The van der Waals surface area contributed by atoms with Crippen molar-refractivity contribution in [2.45, 2.75) is 13.8 Å². The van der Waals surface area contributed by atoms with Gasteiger partial charge in [-0.3, -0.25) is 4.98 Å². The average Bonchev–Trinajstić information content (AvgIpc) is 2.33. The number of hydrogen-bond donors (Lipinski definition) is 0. The van der Waals surface area contributed by atoms with Crippen LogP contribution in [0.15, 0.2) is 18.5 Å². The number of fused-ring (bicyclic) bond motifs is 1. The first kappa shape index (κ1) is 10.4. The highest BCUT2D eigenvalue weighted by Crippen LogP contribution is 2.30. The Balaban J connectivity index is 2.94. The van der Waals surface area contributed by atoms with Gasteiger partial charge in [-0.1, -0.05) is 0 Å². The second-order valence-corrected chi connectivity index (χ2v) is 3.72. The third kappa shape index (κ3) is 1.40. The number of hydrogen-bond acceptors (Lipinski definition) is 3. The zero-order chi connectivity index (χ0) is 11.7. The van der Waals surface area contributed by atoms with E-state index in [1.165, 1.54) is 0 Å². The van der Waals surface area contributed by atoms with E-state index in [0.717, 1.165) is 27.6 Å². The van der Waals surface area contributed by atoms with Gasteiger partial charge in [-0.15, -0.1) is 0 Å². The molecule has 0 radical (unpaired) electrons. The van der Waals surface area contributed by atoms with Gasteiger partial charge in [-0.05, 0) is 31.0 Å². The Labute approximate surface area is 94.3 Å². The van der Waals surface area contributed by atoms with Crippen molar-refractivity contribution in [3.63, 3.8) is 0 Å². The largest absolute Gasteiger partial charge is 0.496 e. The number of aromatic nitrogens is 1. The van der Waals surface area contributed by atoms with Gasteiger partial charge in [0.05, 0.1) is 12.7 Å². The molecule has 0 spiro atoms. The standard InChI is InChI=1S/C13H12N2O/c1-8-9(2)13(16-3)4-11-10(5-14)6-15-7-12(8)11/h4,6-7H,1-3H3. The van der Waals surface area contributed by atoms with Gasteiger partial charge >= 0.3 is 0 Å². The molecule has 1 aromatic heterocycles. The lowest BCUT2D eigenvalue weighted by molar-refractivity contribution is 0.412. The fraction of sp³-hybridized carbons (Fsp3) is 0.231. The molecule has 3 nitrogen and oxygen atoms in total. The molecule has 0 bridgehead atoms. The van der Waals surface area contributed by atoms with Gasteiger partial charge in [0, 0.05) is 23.2 Å². The number of rotatable bonds is 1. The van der Waals surface area contributed by atoms with Gasteiger partial charge in [0.15, 0.2) is 0 Å². The van der Waals surface area contributed by atoms with Crippen molar-refractivity contribution in [1.82, 2.24) is 4.98 Å². The predicted molar refractivity (Wildman–Crippen MR) is 62.5 cm³/mol. The molecule has 0 amide bonds. The second-order valence-electron chi connectivity index (χ2n) is 3.72. The van der Waals surface area contributed by atoms with E-state index in [-0.39, 0.29) is 0 Å². The van der Waals surface area contributed by atoms with E-state index in [1.54, 1.807) is 19.5 Å². The van der Waals surface area contributed by atoms with Gasteiger partial charge in [-0.25, -0.2) is 0 Å². The van der Waals surface area contributed by atoms with E-state index in [0.29, 0.717) is 5.56 Å². The summed E-state index contributed by atoms with van der Waals surface area (Å²) >= 11 is 0. The number of benzene rings is 1. The Morgan fingerprint density at radius 3 is 2.56 bits per heavy atom. The van der Waals surface area contributed by atoms with Crippen LogP contribution < -0.4 is 4.74 Å². The summed E-state index contributed by atoms with van der Waals surface area (Å²) in [4.78, 5) is 4.08. The smallest absolute Gasteiger partial charge is 0.122 e. The summed E-state index contributed by atoms with van der Waals surface area (Å²) in [5.74, 6) is 0.813. The van der Waals surface area contributed by atoms with E-state index in [9.17, 15) is 0 Å². The molecule has 3 heteroatoms. The average molecular weight is 212 g/mol. The Kier molecular flexibility index (Phi) is 2.49. The highest BCUT2D eigenvalue weighted by atomic mass is 16.5. The third-order valence-electron chi connectivity index (χ3n) is 2.94. The van der Waals surface area contributed by atoms with E-state index in [4.69, 9.17) is 10.00 Å². The van der Waals surface area contributed by atoms with Gasteiger partial charge in [0.2, 0.25) is 0 Å². The number of pyridine rings is 1. The summed E-state index contributed by atoms with van der Waals surface area (Å²) in [6, 6.07) is 4.05. The molecule has 2 rings (SSSR count). The minimum atomic E-state index is 0.582. The molecular weight excluding hydrogens is 200 g/mol. The molecule has 0 saturated carbocycles. The SMILES string of the molecule is COc1cc2c(C#N)cncc2c(C)c1C. The number of aryl methyl sites for hydroxylation is 1. The highest BCUT2D eigenvalue weighted by Gasteiger charge is 2.10. The summed E-state index contributed by atoms with van der Waals surface area (Å²) < 4.78 is 5.30. The van der Waals surface area contributed by atoms with Crippen LogP contribution in [0.1, 0.15) is 16.7 Å². The van der Waals surface area contributed by atoms with Crippen LogP contribution >= 0.6 is 0 Å². The van der Waals surface area contributed by atoms with Crippen LogP contribution in [0.25, 0.3) is 10.8 Å². The maximum atomic E-state index is 9.03. The van der Waals surface area contributed by atoms with E-state index in [1.807, 2.05) is 19.9 Å². The van der Waals surface area contributed by atoms with Crippen molar-refractivity contribution < 1.29 is 4.74 Å². The maximum absolute atomic E-state index is 9.03. The molecule has 0 N–H and O–H groups in total. The normalized spacial score (nSPS) is 10.1. The van der Waals surface area contributed by atoms with Crippen molar-refractivity contribution in [3.8, 4) is 11.8 Å². The summed E-state index contributed by atoms with van der Waals surface area (Å²) in [6.45, 7) is 4.02. The van der Waals surface area contributed by atoms with Crippen LogP contribution in [-0.4, -0.2) is 12.1 Å². The topological polar surface area (TPSA) is 45.9 Å². The summed E-state index contributed by atoms with van der Waals surface area (Å²) in [5, 5.41) is 10.9. The molecule has 2 aromatic rings. The van der Waals surface area contributed by atoms with Crippen molar-refractivity contribution >= 4 is 10.8 Å². The van der Waals surface area contributed by atoms with Crippen LogP contribution in [0.3, 0.4) is 0 Å². The Hall–Kier alpha value is -2.08. The lowest BCUT2D eigenvalue weighted by Crippen LogP contribution is -1.94. The van der Waals surface area contributed by atoms with Crippen LogP contribution in [0.2, 0.25) is 0 Å². The van der Waals surface area contributed by atoms with Crippen LogP contribution in [0, 0.1) is 25.2 Å². The molecule has 1 heterocycles. The van der Waals surface area contributed by atoms with E-state index < -0.39 is 0 Å². The van der Waals surface area contributed by atoms with Crippen LogP contribution in [-0.2, 0) is 0 Å². The maximum Gasteiger partial charge on any atom is 0.122 e. The zero-order valence-corrected chi connectivity index (χ0v) is 9.53. The molecule has 0 saturated heterocycles. The molecule has 0 aliphatic carbocycles. The molecule has 0 atom stereocenters. The van der Waals surface area contributed by atoms with Crippen LogP contribution in [0.4, 0.5) is 0 Å². The fourth-order valence-electron chi connectivity index (χ4n) is 1.85. The molecular formula is C13H12N2O. The first-order chi connectivity index (χ1) is 7.69. The van der Waals surface area contributed by atoms with Crippen molar-refractivity contribution in [1.29, 1.82) is 5.26 Å². The zero-order valence-electron chi connectivity index (χ0n) is 9.53. The molecule has 16 heavy (non-hydrogen) atoms. The molecule has 1 aromatic carbocycles. The second kappa shape index (κ2) is 3.82. The van der Waals surface area contributed by atoms with Gasteiger partial charge < -0.3 is 4.74 Å².